The molecule has 0 unspecified atom stereocenters. The number of sulfonamides is 1. The van der Waals surface area contributed by atoms with Gasteiger partial charge in [0.2, 0.25) is 10.0 Å². The van der Waals surface area contributed by atoms with Crippen molar-refractivity contribution in [1.82, 2.24) is 10.2 Å². The molecule has 0 fully saturated rings. The molecule has 106 valence electrons. The maximum absolute atomic E-state index is 11.3. The first kappa shape index (κ1) is 13.5. The summed E-state index contributed by atoms with van der Waals surface area (Å²) in [7, 11) is -3.68. The molecule has 2 aromatic carbocycles. The Balaban J connectivity index is 2.05. The van der Waals surface area contributed by atoms with E-state index in [1.165, 1.54) is 12.1 Å². The monoisotopic (exact) mass is 299 g/mol. The van der Waals surface area contributed by atoms with Crippen molar-refractivity contribution in [3.05, 3.63) is 60.8 Å². The van der Waals surface area contributed by atoms with Gasteiger partial charge in [0, 0.05) is 11.1 Å². The molecule has 1 aromatic heterocycles. The van der Waals surface area contributed by atoms with Gasteiger partial charge in [0.25, 0.3) is 0 Å². The zero-order valence-corrected chi connectivity index (χ0v) is 11.8. The molecule has 0 saturated carbocycles. The topological polar surface area (TPSA) is 88.8 Å². The van der Waals surface area contributed by atoms with Crippen molar-refractivity contribution in [3.8, 4) is 22.4 Å². The summed E-state index contributed by atoms with van der Waals surface area (Å²) in [6.45, 7) is 0. The lowest BCUT2D eigenvalue weighted by Gasteiger charge is -2.04. The first-order valence-corrected chi connectivity index (χ1v) is 7.82. The SMILES string of the molecule is NS(=O)(=O)c1ccc(-c2[nH]ncc2-c2ccccc2)cc1. The Morgan fingerprint density at radius 1 is 0.905 bits per heavy atom. The Kier molecular flexibility index (Phi) is 3.32. The normalized spacial score (nSPS) is 11.5. The van der Waals surface area contributed by atoms with E-state index in [9.17, 15) is 8.42 Å². The molecule has 0 aliphatic carbocycles. The molecule has 0 radical (unpaired) electrons. The van der Waals surface area contributed by atoms with Crippen LogP contribution in [0.5, 0.6) is 0 Å². The molecular weight excluding hydrogens is 286 g/mol. The van der Waals surface area contributed by atoms with Crippen LogP contribution in [0.15, 0.2) is 65.7 Å². The highest BCUT2D eigenvalue weighted by molar-refractivity contribution is 7.89. The summed E-state index contributed by atoms with van der Waals surface area (Å²) in [5.74, 6) is 0. The van der Waals surface area contributed by atoms with Crippen LogP contribution >= 0.6 is 0 Å². The van der Waals surface area contributed by atoms with Crippen LogP contribution in [-0.4, -0.2) is 18.6 Å². The van der Waals surface area contributed by atoms with Crippen molar-refractivity contribution in [3.63, 3.8) is 0 Å². The number of hydrogen-bond acceptors (Lipinski definition) is 3. The average molecular weight is 299 g/mol. The molecule has 0 bridgehead atoms. The highest BCUT2D eigenvalue weighted by Gasteiger charge is 2.11. The molecular formula is C15H13N3O2S. The van der Waals surface area contributed by atoms with Crippen molar-refractivity contribution in [2.45, 2.75) is 4.90 Å². The van der Waals surface area contributed by atoms with Gasteiger partial charge < -0.3 is 0 Å². The second kappa shape index (κ2) is 5.16. The van der Waals surface area contributed by atoms with Crippen molar-refractivity contribution in [1.29, 1.82) is 0 Å². The minimum absolute atomic E-state index is 0.0898. The summed E-state index contributed by atoms with van der Waals surface area (Å²) < 4.78 is 22.6. The Hall–Kier alpha value is -2.44. The molecule has 3 rings (SSSR count). The highest BCUT2D eigenvalue weighted by Crippen LogP contribution is 2.30. The van der Waals surface area contributed by atoms with Crippen molar-refractivity contribution in [2.24, 2.45) is 5.14 Å². The molecule has 6 heteroatoms. The average Bonchev–Trinajstić information content (AvgIpc) is 2.97. The third-order valence-corrected chi connectivity index (χ3v) is 4.12. The summed E-state index contributed by atoms with van der Waals surface area (Å²) >= 11 is 0. The maximum atomic E-state index is 11.3. The van der Waals surface area contributed by atoms with E-state index >= 15 is 0 Å². The van der Waals surface area contributed by atoms with Crippen LogP contribution in [0.2, 0.25) is 0 Å². The number of nitrogens with one attached hydrogen (secondary N) is 1. The lowest BCUT2D eigenvalue weighted by molar-refractivity contribution is 0.598. The fourth-order valence-corrected chi connectivity index (χ4v) is 2.67. The number of nitrogens with two attached hydrogens (primary N) is 1. The van der Waals surface area contributed by atoms with Gasteiger partial charge in [0.05, 0.1) is 16.8 Å². The number of primary sulfonamides is 1. The number of benzene rings is 2. The van der Waals surface area contributed by atoms with E-state index in [1.807, 2.05) is 30.3 Å². The predicted molar refractivity (Wildman–Crippen MR) is 80.8 cm³/mol. The third kappa shape index (κ3) is 2.72. The first-order valence-electron chi connectivity index (χ1n) is 6.28. The minimum Gasteiger partial charge on any atom is -0.277 e. The van der Waals surface area contributed by atoms with Crippen LogP contribution in [0.4, 0.5) is 0 Å². The van der Waals surface area contributed by atoms with E-state index < -0.39 is 10.0 Å². The van der Waals surface area contributed by atoms with E-state index in [2.05, 4.69) is 10.2 Å². The van der Waals surface area contributed by atoms with Crippen LogP contribution in [0.3, 0.4) is 0 Å². The fraction of sp³-hybridized carbons (Fsp3) is 0. The summed E-state index contributed by atoms with van der Waals surface area (Å²) in [5.41, 5.74) is 3.68. The number of aromatic amines is 1. The second-order valence-electron chi connectivity index (χ2n) is 4.59. The van der Waals surface area contributed by atoms with Crippen molar-refractivity contribution in [2.75, 3.05) is 0 Å². The Morgan fingerprint density at radius 2 is 1.57 bits per heavy atom. The van der Waals surface area contributed by atoms with Gasteiger partial charge in [-0.3, -0.25) is 5.10 Å². The molecule has 21 heavy (non-hydrogen) atoms. The number of aromatic nitrogens is 2. The largest absolute Gasteiger partial charge is 0.277 e. The smallest absolute Gasteiger partial charge is 0.238 e. The second-order valence-corrected chi connectivity index (χ2v) is 6.16. The van der Waals surface area contributed by atoms with Gasteiger partial charge in [-0.25, -0.2) is 13.6 Å². The Bertz CT molecular complexity index is 853. The molecule has 0 atom stereocenters. The number of nitrogens with zero attached hydrogens (tertiary/aromatic N) is 1. The fourth-order valence-electron chi connectivity index (χ4n) is 2.15. The van der Waals surface area contributed by atoms with Gasteiger partial charge in [0.15, 0.2) is 0 Å². The molecule has 5 nitrogen and oxygen atoms in total. The van der Waals surface area contributed by atoms with Crippen LogP contribution in [0, 0.1) is 0 Å². The maximum Gasteiger partial charge on any atom is 0.238 e. The molecule has 0 saturated heterocycles. The summed E-state index contributed by atoms with van der Waals surface area (Å²) in [4.78, 5) is 0.0898. The summed E-state index contributed by atoms with van der Waals surface area (Å²) in [6.07, 6.45) is 1.75. The number of hydrogen-bond donors (Lipinski definition) is 2. The molecule has 3 N–H and O–H groups in total. The minimum atomic E-state index is -3.68. The van der Waals surface area contributed by atoms with E-state index in [-0.39, 0.29) is 4.90 Å². The van der Waals surface area contributed by atoms with Crippen molar-refractivity contribution >= 4 is 10.0 Å². The zero-order valence-electron chi connectivity index (χ0n) is 11.0. The predicted octanol–water partition coefficient (Wildman–Crippen LogP) is 2.39. The quantitative estimate of drug-likeness (QED) is 0.778. The summed E-state index contributed by atoms with van der Waals surface area (Å²) in [5, 5.41) is 12.1. The van der Waals surface area contributed by atoms with Crippen molar-refractivity contribution < 1.29 is 8.42 Å². The van der Waals surface area contributed by atoms with Gasteiger partial charge >= 0.3 is 0 Å². The Labute approximate surface area is 122 Å². The lowest BCUT2D eigenvalue weighted by atomic mass is 10.0. The summed E-state index contributed by atoms with van der Waals surface area (Å²) in [6, 6.07) is 16.2. The first-order chi connectivity index (χ1) is 10.1. The van der Waals surface area contributed by atoms with Crippen LogP contribution < -0.4 is 5.14 Å². The van der Waals surface area contributed by atoms with E-state index in [0.29, 0.717) is 0 Å². The van der Waals surface area contributed by atoms with Gasteiger partial charge in [0.1, 0.15) is 0 Å². The van der Waals surface area contributed by atoms with E-state index in [0.717, 1.165) is 22.4 Å². The van der Waals surface area contributed by atoms with Gasteiger partial charge in [-0.2, -0.15) is 5.10 Å². The van der Waals surface area contributed by atoms with Crippen LogP contribution in [-0.2, 0) is 10.0 Å². The van der Waals surface area contributed by atoms with E-state index in [4.69, 9.17) is 5.14 Å². The Morgan fingerprint density at radius 3 is 2.19 bits per heavy atom. The molecule has 0 aliphatic heterocycles. The molecule has 0 aliphatic rings. The van der Waals surface area contributed by atoms with E-state index in [1.54, 1.807) is 18.3 Å². The highest BCUT2D eigenvalue weighted by atomic mass is 32.2. The molecule has 1 heterocycles. The van der Waals surface area contributed by atoms with Gasteiger partial charge in [-0.15, -0.1) is 0 Å². The lowest BCUT2D eigenvalue weighted by Crippen LogP contribution is -2.11. The standard InChI is InChI=1S/C15H13N3O2S/c16-21(19,20)13-8-6-12(7-9-13)15-14(10-17-18-15)11-4-2-1-3-5-11/h1-10H,(H,17,18)(H2,16,19,20). The zero-order chi connectivity index (χ0) is 14.9. The third-order valence-electron chi connectivity index (χ3n) is 3.20. The molecule has 0 amide bonds. The number of H-pyrrole nitrogens is 1. The molecule has 0 spiro atoms. The van der Waals surface area contributed by atoms with Crippen LogP contribution in [0.1, 0.15) is 0 Å². The molecule has 3 aromatic rings. The number of rotatable bonds is 3. The van der Waals surface area contributed by atoms with Crippen LogP contribution in [0.25, 0.3) is 22.4 Å². The van der Waals surface area contributed by atoms with Gasteiger partial charge in [-0.1, -0.05) is 42.5 Å². The van der Waals surface area contributed by atoms with Gasteiger partial charge in [-0.05, 0) is 17.7 Å².